The van der Waals surface area contributed by atoms with Crippen molar-refractivity contribution in [2.75, 3.05) is 0 Å². The van der Waals surface area contributed by atoms with Crippen molar-refractivity contribution < 1.29 is 28.2 Å². The zero-order valence-corrected chi connectivity index (χ0v) is 10.4. The molecule has 0 aromatic heterocycles. The summed E-state index contributed by atoms with van der Waals surface area (Å²) in [6.07, 6.45) is -5.36. The maximum Gasteiger partial charge on any atom is 0.416 e. The number of nitrogens with two attached hydrogens (primary N) is 1. The van der Waals surface area contributed by atoms with Crippen molar-refractivity contribution in [1.29, 1.82) is 0 Å². The first-order valence-corrected chi connectivity index (χ1v) is 5.49. The molecule has 0 aliphatic rings. The van der Waals surface area contributed by atoms with Crippen LogP contribution in [0.25, 0.3) is 0 Å². The fourth-order valence-electron chi connectivity index (χ4n) is 1.43. The second-order valence-corrected chi connectivity index (χ2v) is 4.45. The van der Waals surface area contributed by atoms with Gasteiger partial charge in [-0.1, -0.05) is 0 Å². The Morgan fingerprint density at radius 2 is 2.00 bits per heavy atom. The van der Waals surface area contributed by atoms with Crippen LogP contribution in [0.2, 0.25) is 0 Å². The lowest BCUT2D eigenvalue weighted by molar-refractivity contribution is -0.140. The number of carboxylic acids is 1. The first kappa shape index (κ1) is 14.8. The number of hydrogen-bond donors (Lipinski definition) is 3. The van der Waals surface area contributed by atoms with E-state index in [-0.39, 0.29) is 10.0 Å². The quantitative estimate of drug-likeness (QED) is 0.796. The van der Waals surface area contributed by atoms with E-state index in [4.69, 9.17) is 10.8 Å². The number of rotatable bonds is 3. The molecule has 1 unspecified atom stereocenters. The van der Waals surface area contributed by atoms with Gasteiger partial charge in [-0.2, -0.15) is 13.2 Å². The van der Waals surface area contributed by atoms with Gasteiger partial charge in [-0.3, -0.25) is 4.79 Å². The molecule has 1 atom stereocenters. The molecule has 0 fully saturated rings. The number of benzene rings is 1. The Hall–Kier alpha value is -1.28. The lowest BCUT2D eigenvalue weighted by Gasteiger charge is -2.18. The summed E-state index contributed by atoms with van der Waals surface area (Å²) in [5.41, 5.74) is 3.91. The molecule has 1 aromatic rings. The first-order chi connectivity index (χ1) is 8.12. The van der Waals surface area contributed by atoms with Gasteiger partial charge >= 0.3 is 12.1 Å². The predicted molar refractivity (Wildman–Crippen MR) is 60.0 cm³/mol. The van der Waals surface area contributed by atoms with E-state index in [0.717, 1.165) is 6.07 Å². The van der Waals surface area contributed by atoms with Crippen molar-refractivity contribution in [3.8, 4) is 5.75 Å². The summed E-state index contributed by atoms with van der Waals surface area (Å²) in [5, 5.41) is 17.8. The molecule has 18 heavy (non-hydrogen) atoms. The molecule has 4 nitrogen and oxygen atoms in total. The Balaban J connectivity index is 3.32. The highest BCUT2D eigenvalue weighted by molar-refractivity contribution is 9.10. The van der Waals surface area contributed by atoms with Crippen LogP contribution in [0.15, 0.2) is 16.6 Å². The van der Waals surface area contributed by atoms with E-state index in [0.29, 0.717) is 6.07 Å². The van der Waals surface area contributed by atoms with Gasteiger partial charge in [0.15, 0.2) is 0 Å². The van der Waals surface area contributed by atoms with Crippen molar-refractivity contribution >= 4 is 21.9 Å². The highest BCUT2D eigenvalue weighted by atomic mass is 79.9. The molecule has 0 amide bonds. The molecule has 100 valence electrons. The molecular formula is C10H9BrF3NO3. The zero-order chi connectivity index (χ0) is 14.1. The molecule has 0 heterocycles. The molecule has 0 radical (unpaired) electrons. The lowest BCUT2D eigenvalue weighted by Crippen LogP contribution is -2.20. The Morgan fingerprint density at radius 3 is 2.44 bits per heavy atom. The van der Waals surface area contributed by atoms with Crippen LogP contribution < -0.4 is 5.73 Å². The van der Waals surface area contributed by atoms with E-state index in [2.05, 4.69) is 15.9 Å². The molecule has 0 aliphatic heterocycles. The van der Waals surface area contributed by atoms with Crippen molar-refractivity contribution in [3.63, 3.8) is 0 Å². The lowest BCUT2D eigenvalue weighted by atomic mass is 9.98. The van der Waals surface area contributed by atoms with E-state index in [1.807, 2.05) is 0 Å². The van der Waals surface area contributed by atoms with Gasteiger partial charge in [0.2, 0.25) is 0 Å². The summed E-state index contributed by atoms with van der Waals surface area (Å²) in [6, 6.07) is 0.184. The summed E-state index contributed by atoms with van der Waals surface area (Å²) < 4.78 is 38.2. The number of carbonyl (C=O) groups is 1. The van der Waals surface area contributed by atoms with Crippen LogP contribution in [0, 0.1) is 0 Å². The SMILES string of the molecule is NC(CC(=O)O)c1cc(Br)c(O)cc1C(F)(F)F. The van der Waals surface area contributed by atoms with Crippen molar-refractivity contribution in [2.45, 2.75) is 18.6 Å². The minimum absolute atomic E-state index is 0.0198. The second-order valence-electron chi connectivity index (χ2n) is 3.59. The molecule has 0 saturated heterocycles. The van der Waals surface area contributed by atoms with Gasteiger partial charge in [0, 0.05) is 6.04 Å². The molecule has 1 rings (SSSR count). The van der Waals surface area contributed by atoms with Crippen molar-refractivity contribution in [2.24, 2.45) is 5.73 Å². The summed E-state index contributed by atoms with van der Waals surface area (Å²) in [7, 11) is 0. The highest BCUT2D eigenvalue weighted by Gasteiger charge is 2.36. The summed E-state index contributed by atoms with van der Waals surface area (Å²) in [6.45, 7) is 0. The van der Waals surface area contributed by atoms with E-state index < -0.39 is 35.9 Å². The standard InChI is InChI=1S/C10H9BrF3NO3/c11-6-1-4(7(15)3-9(17)18)5(2-8(6)16)10(12,13)14/h1-2,7,16H,3,15H2,(H,17,18). The summed E-state index contributed by atoms with van der Waals surface area (Å²) in [5.74, 6) is -1.89. The van der Waals surface area contributed by atoms with Gasteiger partial charge in [0.1, 0.15) is 5.75 Å². The minimum Gasteiger partial charge on any atom is -0.507 e. The van der Waals surface area contributed by atoms with Crippen molar-refractivity contribution in [3.05, 3.63) is 27.7 Å². The number of halogens is 4. The maximum atomic E-state index is 12.7. The van der Waals surface area contributed by atoms with Crippen LogP contribution in [0.5, 0.6) is 5.75 Å². The summed E-state index contributed by atoms with van der Waals surface area (Å²) in [4.78, 5) is 10.5. The van der Waals surface area contributed by atoms with Gasteiger partial charge in [0.25, 0.3) is 0 Å². The first-order valence-electron chi connectivity index (χ1n) is 4.70. The van der Waals surface area contributed by atoms with Gasteiger partial charge in [-0.15, -0.1) is 0 Å². The normalized spacial score (nSPS) is 13.4. The number of hydrogen-bond acceptors (Lipinski definition) is 3. The van der Waals surface area contributed by atoms with Crippen LogP contribution in [0.1, 0.15) is 23.6 Å². The number of phenols is 1. The number of carboxylic acid groups (broad SMARTS) is 1. The third-order valence-electron chi connectivity index (χ3n) is 2.22. The molecule has 1 aromatic carbocycles. The molecule has 0 aliphatic carbocycles. The third-order valence-corrected chi connectivity index (χ3v) is 2.85. The molecule has 0 bridgehead atoms. The average molecular weight is 328 g/mol. The molecular weight excluding hydrogens is 319 g/mol. The molecule has 0 spiro atoms. The Labute approximate surface area is 108 Å². The fourth-order valence-corrected chi connectivity index (χ4v) is 1.79. The Kier molecular flexibility index (Phi) is 4.23. The Morgan fingerprint density at radius 1 is 1.44 bits per heavy atom. The fraction of sp³-hybridized carbons (Fsp3) is 0.300. The number of aromatic hydroxyl groups is 1. The van der Waals surface area contributed by atoms with Crippen LogP contribution in [0.4, 0.5) is 13.2 Å². The zero-order valence-electron chi connectivity index (χ0n) is 8.83. The number of alkyl halides is 3. The average Bonchev–Trinajstić information content (AvgIpc) is 2.18. The van der Waals surface area contributed by atoms with E-state index in [1.54, 1.807) is 0 Å². The van der Waals surface area contributed by atoms with Gasteiger partial charge in [0.05, 0.1) is 16.5 Å². The summed E-state index contributed by atoms with van der Waals surface area (Å²) >= 11 is 2.86. The third kappa shape index (κ3) is 3.36. The van der Waals surface area contributed by atoms with Crippen LogP contribution in [-0.4, -0.2) is 16.2 Å². The largest absolute Gasteiger partial charge is 0.507 e. The monoisotopic (exact) mass is 327 g/mol. The van der Waals surface area contributed by atoms with Crippen molar-refractivity contribution in [1.82, 2.24) is 0 Å². The molecule has 4 N–H and O–H groups in total. The van der Waals surface area contributed by atoms with Gasteiger partial charge in [-0.25, -0.2) is 0 Å². The minimum atomic E-state index is -4.72. The molecule has 0 saturated carbocycles. The number of phenolic OH excluding ortho intramolecular Hbond substituents is 1. The van der Waals surface area contributed by atoms with E-state index in [1.165, 1.54) is 0 Å². The molecule has 8 heteroatoms. The van der Waals surface area contributed by atoms with Gasteiger partial charge in [-0.05, 0) is 33.6 Å². The van der Waals surface area contributed by atoms with Crippen LogP contribution in [0.3, 0.4) is 0 Å². The van der Waals surface area contributed by atoms with Crippen LogP contribution >= 0.6 is 15.9 Å². The number of aliphatic carboxylic acids is 1. The van der Waals surface area contributed by atoms with E-state index in [9.17, 15) is 23.1 Å². The smallest absolute Gasteiger partial charge is 0.416 e. The highest BCUT2D eigenvalue weighted by Crippen LogP contribution is 2.39. The second kappa shape index (κ2) is 5.15. The maximum absolute atomic E-state index is 12.7. The van der Waals surface area contributed by atoms with E-state index >= 15 is 0 Å². The topological polar surface area (TPSA) is 83.6 Å². The Bertz CT molecular complexity index is 476. The predicted octanol–water partition coefficient (Wildman–Crippen LogP) is 2.65. The van der Waals surface area contributed by atoms with Gasteiger partial charge < -0.3 is 15.9 Å². The van der Waals surface area contributed by atoms with Crippen LogP contribution in [-0.2, 0) is 11.0 Å².